The molecule has 1 N–H and O–H groups in total. The monoisotopic (exact) mass is 355 g/mol. The molecule has 0 aliphatic rings. The van der Waals surface area contributed by atoms with Crippen molar-refractivity contribution in [1.29, 1.82) is 0 Å². The number of alkyl halides is 3. The van der Waals surface area contributed by atoms with Crippen molar-refractivity contribution < 1.29 is 27.4 Å². The van der Waals surface area contributed by atoms with Gasteiger partial charge in [0.25, 0.3) is 0 Å². The summed E-state index contributed by atoms with van der Waals surface area (Å²) in [6, 6.07) is 3.66. The molecule has 112 valence electrons. The van der Waals surface area contributed by atoms with Crippen molar-refractivity contribution in [1.82, 2.24) is 5.32 Å². The summed E-state index contributed by atoms with van der Waals surface area (Å²) < 4.78 is 44.8. The topological polar surface area (TPSA) is 47.6 Å². The zero-order valence-corrected chi connectivity index (χ0v) is 12.3. The number of ether oxygens (including phenoxy) is 2. The van der Waals surface area contributed by atoms with Crippen molar-refractivity contribution >= 4 is 21.9 Å². The number of carbonyl (C=O) groups is 1. The summed E-state index contributed by atoms with van der Waals surface area (Å²) in [6.07, 6.45) is -4.73. The molecule has 0 saturated heterocycles. The van der Waals surface area contributed by atoms with Gasteiger partial charge in [0.1, 0.15) is 11.8 Å². The van der Waals surface area contributed by atoms with Crippen LogP contribution in [0.25, 0.3) is 0 Å². The van der Waals surface area contributed by atoms with E-state index in [-0.39, 0.29) is 10.2 Å². The van der Waals surface area contributed by atoms with Crippen LogP contribution >= 0.6 is 15.9 Å². The van der Waals surface area contributed by atoms with Crippen LogP contribution in [-0.4, -0.2) is 25.5 Å². The lowest BCUT2D eigenvalue weighted by atomic mass is 10.2. The molecule has 8 heteroatoms. The predicted octanol–water partition coefficient (Wildman–Crippen LogP) is 3.00. The van der Waals surface area contributed by atoms with Crippen molar-refractivity contribution in [3.8, 4) is 5.75 Å². The first-order chi connectivity index (χ1) is 9.23. The van der Waals surface area contributed by atoms with E-state index in [9.17, 15) is 18.0 Å². The molecule has 0 radical (unpaired) electrons. The number of hydrogen-bond donors (Lipinski definition) is 1. The molecule has 0 fully saturated rings. The van der Waals surface area contributed by atoms with Gasteiger partial charge in [-0.1, -0.05) is 6.07 Å². The fraction of sp³-hybridized carbons (Fsp3) is 0.417. The molecule has 0 saturated carbocycles. The Morgan fingerprint density at radius 1 is 1.45 bits per heavy atom. The summed E-state index contributed by atoms with van der Waals surface area (Å²) in [5.41, 5.74) is 0.696. The molecular formula is C12H13BrF3NO3. The fourth-order valence-corrected chi connectivity index (χ4v) is 1.90. The van der Waals surface area contributed by atoms with Crippen molar-refractivity contribution in [3.63, 3.8) is 0 Å². The van der Waals surface area contributed by atoms with E-state index in [4.69, 9.17) is 0 Å². The molecule has 0 amide bonds. The minimum atomic E-state index is -4.73. The molecule has 4 nitrogen and oxygen atoms in total. The molecule has 1 rings (SSSR count). The highest BCUT2D eigenvalue weighted by Gasteiger charge is 2.31. The number of carbonyl (C=O) groups excluding carboxylic acids is 1. The van der Waals surface area contributed by atoms with Crippen LogP contribution in [0.2, 0.25) is 0 Å². The first kappa shape index (κ1) is 16.8. The van der Waals surface area contributed by atoms with E-state index in [0.29, 0.717) is 12.1 Å². The Morgan fingerprint density at radius 3 is 2.60 bits per heavy atom. The van der Waals surface area contributed by atoms with Gasteiger partial charge < -0.3 is 14.8 Å². The van der Waals surface area contributed by atoms with Gasteiger partial charge in [-0.05, 0) is 40.5 Å². The van der Waals surface area contributed by atoms with Crippen molar-refractivity contribution in [2.24, 2.45) is 0 Å². The maximum Gasteiger partial charge on any atom is 0.573 e. The molecule has 1 aromatic rings. The average molecular weight is 356 g/mol. The number of methoxy groups -OCH3 is 1. The molecule has 0 spiro atoms. The van der Waals surface area contributed by atoms with Gasteiger partial charge in [-0.15, -0.1) is 13.2 Å². The van der Waals surface area contributed by atoms with Gasteiger partial charge >= 0.3 is 12.3 Å². The van der Waals surface area contributed by atoms with Crippen LogP contribution in [0.15, 0.2) is 22.7 Å². The maximum absolute atomic E-state index is 12.1. The number of benzene rings is 1. The predicted molar refractivity (Wildman–Crippen MR) is 69.1 cm³/mol. The molecule has 0 aliphatic carbocycles. The van der Waals surface area contributed by atoms with E-state index < -0.39 is 18.4 Å². The van der Waals surface area contributed by atoms with Crippen LogP contribution < -0.4 is 10.1 Å². The van der Waals surface area contributed by atoms with E-state index in [2.05, 4.69) is 30.7 Å². The number of rotatable bonds is 5. The average Bonchev–Trinajstić information content (AvgIpc) is 2.36. The SMILES string of the molecule is COC(=O)[C@H](C)NCc1ccc(OC(F)(F)F)c(Br)c1. The summed E-state index contributed by atoms with van der Waals surface area (Å²) >= 11 is 3.01. The van der Waals surface area contributed by atoms with Gasteiger partial charge in [0.05, 0.1) is 11.6 Å². The van der Waals surface area contributed by atoms with Gasteiger partial charge in [-0.2, -0.15) is 0 Å². The van der Waals surface area contributed by atoms with Crippen molar-refractivity contribution in [2.75, 3.05) is 7.11 Å². The molecule has 0 aliphatic heterocycles. The summed E-state index contributed by atoms with van der Waals surface area (Å²) in [7, 11) is 1.28. The second kappa shape index (κ2) is 6.94. The molecule has 0 unspecified atom stereocenters. The van der Waals surface area contributed by atoms with Crippen LogP contribution in [0.3, 0.4) is 0 Å². The van der Waals surface area contributed by atoms with E-state index in [0.717, 1.165) is 0 Å². The largest absolute Gasteiger partial charge is 0.573 e. The Bertz CT molecular complexity index is 480. The second-order valence-corrected chi connectivity index (χ2v) is 4.79. The highest BCUT2D eigenvalue weighted by atomic mass is 79.9. The Morgan fingerprint density at radius 2 is 2.10 bits per heavy atom. The second-order valence-electron chi connectivity index (χ2n) is 3.94. The third-order valence-corrected chi connectivity index (χ3v) is 3.01. The number of nitrogens with one attached hydrogen (secondary N) is 1. The quantitative estimate of drug-likeness (QED) is 0.825. The first-order valence-corrected chi connectivity index (χ1v) is 6.37. The smallest absolute Gasteiger partial charge is 0.468 e. The Kier molecular flexibility index (Phi) is 5.82. The van der Waals surface area contributed by atoms with Crippen molar-refractivity contribution in [2.45, 2.75) is 25.9 Å². The zero-order valence-electron chi connectivity index (χ0n) is 10.8. The molecule has 20 heavy (non-hydrogen) atoms. The zero-order chi connectivity index (χ0) is 15.3. The Labute approximate surface area is 122 Å². The lowest BCUT2D eigenvalue weighted by Crippen LogP contribution is -2.34. The number of esters is 1. The van der Waals surface area contributed by atoms with Gasteiger partial charge in [0, 0.05) is 6.54 Å². The number of halogens is 4. The van der Waals surface area contributed by atoms with E-state index >= 15 is 0 Å². The molecule has 0 heterocycles. The molecule has 1 atom stereocenters. The molecule has 0 aromatic heterocycles. The standard InChI is InChI=1S/C12H13BrF3NO3/c1-7(11(18)19-2)17-6-8-3-4-10(9(13)5-8)20-12(14,15)16/h3-5,7,17H,6H2,1-2H3/t7-/m0/s1. The summed E-state index contributed by atoms with van der Waals surface area (Å²) in [5, 5.41) is 2.89. The van der Waals surface area contributed by atoms with Crippen LogP contribution in [0.1, 0.15) is 12.5 Å². The Hall–Kier alpha value is -1.28. The minimum Gasteiger partial charge on any atom is -0.468 e. The van der Waals surface area contributed by atoms with Crippen LogP contribution in [0.5, 0.6) is 5.75 Å². The third kappa shape index (κ3) is 5.38. The van der Waals surface area contributed by atoms with E-state index in [1.807, 2.05) is 0 Å². The highest BCUT2D eigenvalue weighted by molar-refractivity contribution is 9.10. The van der Waals surface area contributed by atoms with Gasteiger partial charge in [0.2, 0.25) is 0 Å². The van der Waals surface area contributed by atoms with E-state index in [1.165, 1.54) is 25.3 Å². The maximum atomic E-state index is 12.1. The molecule has 0 bridgehead atoms. The third-order valence-electron chi connectivity index (χ3n) is 2.39. The summed E-state index contributed by atoms with van der Waals surface area (Å²) in [4.78, 5) is 11.2. The molecular weight excluding hydrogens is 343 g/mol. The molecule has 1 aromatic carbocycles. The van der Waals surface area contributed by atoms with Gasteiger partial charge in [-0.3, -0.25) is 4.79 Å². The summed E-state index contributed by atoms with van der Waals surface area (Å²) in [5.74, 6) is -0.733. The summed E-state index contributed by atoms with van der Waals surface area (Å²) in [6.45, 7) is 1.93. The normalized spacial score (nSPS) is 12.9. The van der Waals surface area contributed by atoms with Gasteiger partial charge in [0.15, 0.2) is 0 Å². The fourth-order valence-electron chi connectivity index (χ4n) is 1.39. The number of hydrogen-bond acceptors (Lipinski definition) is 4. The van der Waals surface area contributed by atoms with E-state index in [1.54, 1.807) is 6.92 Å². The van der Waals surface area contributed by atoms with Crippen LogP contribution in [-0.2, 0) is 16.1 Å². The van der Waals surface area contributed by atoms with Crippen LogP contribution in [0.4, 0.5) is 13.2 Å². The van der Waals surface area contributed by atoms with Gasteiger partial charge in [-0.25, -0.2) is 0 Å². The lowest BCUT2D eigenvalue weighted by Gasteiger charge is -2.13. The minimum absolute atomic E-state index is 0.180. The van der Waals surface area contributed by atoms with Crippen molar-refractivity contribution in [3.05, 3.63) is 28.2 Å². The Balaban J connectivity index is 2.66. The lowest BCUT2D eigenvalue weighted by molar-refractivity contribution is -0.274. The van der Waals surface area contributed by atoms with Crippen LogP contribution in [0, 0.1) is 0 Å². The first-order valence-electron chi connectivity index (χ1n) is 5.58. The highest BCUT2D eigenvalue weighted by Crippen LogP contribution is 2.31.